The first-order valence-corrected chi connectivity index (χ1v) is 6.96. The summed E-state index contributed by atoms with van der Waals surface area (Å²) in [4.78, 5) is 5.08. The van der Waals surface area contributed by atoms with E-state index >= 15 is 0 Å². The van der Waals surface area contributed by atoms with Gasteiger partial charge in [-0.05, 0) is 17.5 Å². The van der Waals surface area contributed by atoms with Gasteiger partial charge in [-0.15, -0.1) is 0 Å². The first kappa shape index (κ1) is 13.1. The van der Waals surface area contributed by atoms with Crippen LogP contribution in [0.15, 0.2) is 0 Å². The number of aromatic nitrogens is 2. The SMILES string of the molecule is CC(C)C(Br)Cc1nc(C(C)(C)C)ns1. The van der Waals surface area contributed by atoms with Crippen LogP contribution in [0.2, 0.25) is 0 Å². The summed E-state index contributed by atoms with van der Waals surface area (Å²) in [6.07, 6.45) is 0.978. The van der Waals surface area contributed by atoms with Crippen LogP contribution in [0.1, 0.15) is 45.5 Å². The van der Waals surface area contributed by atoms with E-state index in [4.69, 9.17) is 0 Å². The molecule has 15 heavy (non-hydrogen) atoms. The van der Waals surface area contributed by atoms with Crippen molar-refractivity contribution < 1.29 is 0 Å². The molecule has 0 aliphatic carbocycles. The van der Waals surface area contributed by atoms with E-state index in [1.54, 1.807) is 0 Å². The average molecular weight is 291 g/mol. The quantitative estimate of drug-likeness (QED) is 0.792. The molecular weight excluding hydrogens is 272 g/mol. The molecular formula is C11H19BrN2S. The molecule has 0 spiro atoms. The monoisotopic (exact) mass is 290 g/mol. The molecule has 1 aromatic heterocycles. The highest BCUT2D eigenvalue weighted by molar-refractivity contribution is 9.09. The zero-order valence-corrected chi connectivity index (χ0v) is 12.4. The maximum absolute atomic E-state index is 4.58. The average Bonchev–Trinajstić information content (AvgIpc) is 2.51. The van der Waals surface area contributed by atoms with E-state index in [1.165, 1.54) is 11.5 Å². The van der Waals surface area contributed by atoms with Crippen molar-refractivity contribution in [1.29, 1.82) is 0 Å². The van der Waals surface area contributed by atoms with Crippen molar-refractivity contribution in [1.82, 2.24) is 9.36 Å². The van der Waals surface area contributed by atoms with E-state index in [1.807, 2.05) is 0 Å². The van der Waals surface area contributed by atoms with Crippen LogP contribution in [0.3, 0.4) is 0 Å². The van der Waals surface area contributed by atoms with Crippen LogP contribution in [0.25, 0.3) is 0 Å². The molecule has 1 rings (SSSR count). The van der Waals surface area contributed by atoms with Gasteiger partial charge in [0.05, 0.1) is 0 Å². The molecule has 0 bridgehead atoms. The van der Waals surface area contributed by atoms with Crippen molar-refractivity contribution in [3.8, 4) is 0 Å². The Kier molecular flexibility index (Phi) is 4.29. The first-order valence-electron chi connectivity index (χ1n) is 5.28. The second-order valence-corrected chi connectivity index (χ2v) is 7.24. The van der Waals surface area contributed by atoms with Gasteiger partial charge in [0.15, 0.2) is 0 Å². The lowest BCUT2D eigenvalue weighted by molar-refractivity contribution is 0.550. The van der Waals surface area contributed by atoms with Crippen LogP contribution in [-0.4, -0.2) is 14.2 Å². The molecule has 0 saturated carbocycles. The molecule has 1 heterocycles. The van der Waals surface area contributed by atoms with Crippen LogP contribution in [0.4, 0.5) is 0 Å². The maximum Gasteiger partial charge on any atom is 0.147 e. The largest absolute Gasteiger partial charge is 0.224 e. The number of rotatable bonds is 3. The van der Waals surface area contributed by atoms with Gasteiger partial charge in [-0.3, -0.25) is 0 Å². The van der Waals surface area contributed by atoms with Crippen molar-refractivity contribution in [2.24, 2.45) is 5.92 Å². The highest BCUT2D eigenvalue weighted by Crippen LogP contribution is 2.23. The Hall–Kier alpha value is 0.0400. The summed E-state index contributed by atoms with van der Waals surface area (Å²) in [6.45, 7) is 10.9. The highest BCUT2D eigenvalue weighted by atomic mass is 79.9. The Morgan fingerprint density at radius 1 is 1.33 bits per heavy atom. The Morgan fingerprint density at radius 2 is 1.93 bits per heavy atom. The smallest absolute Gasteiger partial charge is 0.147 e. The summed E-state index contributed by atoms with van der Waals surface area (Å²) in [5.74, 6) is 1.60. The number of nitrogens with zero attached hydrogens (tertiary/aromatic N) is 2. The molecule has 4 heteroatoms. The van der Waals surface area contributed by atoms with Crippen molar-refractivity contribution >= 4 is 27.5 Å². The van der Waals surface area contributed by atoms with E-state index < -0.39 is 0 Å². The summed E-state index contributed by atoms with van der Waals surface area (Å²) in [6, 6.07) is 0. The third-order valence-corrected chi connectivity index (χ3v) is 4.35. The van der Waals surface area contributed by atoms with E-state index in [2.05, 4.69) is 59.9 Å². The molecule has 0 aliphatic heterocycles. The Labute approximate surface area is 105 Å². The second kappa shape index (κ2) is 4.91. The number of halogens is 1. The molecule has 1 aromatic rings. The normalized spacial score (nSPS) is 14.6. The van der Waals surface area contributed by atoms with Crippen molar-refractivity contribution in [2.45, 2.75) is 51.3 Å². The number of alkyl halides is 1. The van der Waals surface area contributed by atoms with Gasteiger partial charge in [0.2, 0.25) is 0 Å². The van der Waals surface area contributed by atoms with E-state index in [-0.39, 0.29) is 5.41 Å². The maximum atomic E-state index is 4.58. The predicted molar refractivity (Wildman–Crippen MR) is 69.9 cm³/mol. The van der Waals surface area contributed by atoms with Crippen molar-refractivity contribution in [2.75, 3.05) is 0 Å². The fourth-order valence-corrected chi connectivity index (χ4v) is 2.45. The molecule has 2 nitrogen and oxygen atoms in total. The van der Waals surface area contributed by atoms with Crippen LogP contribution >= 0.6 is 27.5 Å². The summed E-state index contributed by atoms with van der Waals surface area (Å²) < 4.78 is 4.41. The van der Waals surface area contributed by atoms with Gasteiger partial charge in [0, 0.05) is 16.7 Å². The molecule has 0 N–H and O–H groups in total. The van der Waals surface area contributed by atoms with E-state index in [0.29, 0.717) is 10.7 Å². The first-order chi connectivity index (χ1) is 6.80. The topological polar surface area (TPSA) is 25.8 Å². The van der Waals surface area contributed by atoms with Crippen LogP contribution in [0.5, 0.6) is 0 Å². The van der Waals surface area contributed by atoms with Gasteiger partial charge < -0.3 is 0 Å². The fourth-order valence-electron chi connectivity index (χ4n) is 1.04. The minimum atomic E-state index is 0.0639. The minimum absolute atomic E-state index is 0.0639. The molecule has 0 fully saturated rings. The van der Waals surface area contributed by atoms with Gasteiger partial charge in [-0.1, -0.05) is 50.5 Å². The van der Waals surface area contributed by atoms with Crippen molar-refractivity contribution in [3.05, 3.63) is 10.8 Å². The lowest BCUT2D eigenvalue weighted by Crippen LogP contribution is -2.14. The highest BCUT2D eigenvalue weighted by Gasteiger charge is 2.20. The lowest BCUT2D eigenvalue weighted by atomic mass is 9.96. The molecule has 0 amide bonds. The van der Waals surface area contributed by atoms with Crippen molar-refractivity contribution in [3.63, 3.8) is 0 Å². The third kappa shape index (κ3) is 3.83. The van der Waals surface area contributed by atoms with Gasteiger partial charge >= 0.3 is 0 Å². The summed E-state index contributed by atoms with van der Waals surface area (Å²) in [5, 5.41) is 1.13. The molecule has 0 saturated heterocycles. The summed E-state index contributed by atoms with van der Waals surface area (Å²) >= 11 is 5.21. The zero-order valence-electron chi connectivity index (χ0n) is 10.0. The standard InChI is InChI=1S/C11H19BrN2S/c1-7(2)8(12)6-9-13-10(14-15-9)11(3,4)5/h7-8H,6H2,1-5H3. The Balaban J connectivity index is 2.69. The third-order valence-electron chi connectivity index (χ3n) is 2.23. The Morgan fingerprint density at radius 3 is 2.33 bits per heavy atom. The van der Waals surface area contributed by atoms with Gasteiger partial charge in [0.1, 0.15) is 10.8 Å². The number of hydrogen-bond donors (Lipinski definition) is 0. The fraction of sp³-hybridized carbons (Fsp3) is 0.818. The summed E-state index contributed by atoms with van der Waals surface area (Å²) in [5.41, 5.74) is 0.0639. The van der Waals surface area contributed by atoms with Gasteiger partial charge in [-0.2, -0.15) is 4.37 Å². The molecule has 0 radical (unpaired) electrons. The van der Waals surface area contributed by atoms with Gasteiger partial charge in [-0.25, -0.2) is 4.98 Å². The van der Waals surface area contributed by atoms with E-state index in [9.17, 15) is 0 Å². The molecule has 0 aromatic carbocycles. The molecule has 86 valence electrons. The Bertz CT molecular complexity index is 315. The molecule has 1 atom stereocenters. The lowest BCUT2D eigenvalue weighted by Gasteiger charge is -2.13. The predicted octanol–water partition coefficient (Wildman–Crippen LogP) is 3.80. The minimum Gasteiger partial charge on any atom is -0.224 e. The summed E-state index contributed by atoms with van der Waals surface area (Å²) in [7, 11) is 0. The van der Waals surface area contributed by atoms with Crippen LogP contribution < -0.4 is 0 Å². The van der Waals surface area contributed by atoms with Gasteiger partial charge in [0.25, 0.3) is 0 Å². The molecule has 1 unspecified atom stereocenters. The van der Waals surface area contributed by atoms with Crippen LogP contribution in [-0.2, 0) is 11.8 Å². The van der Waals surface area contributed by atoms with Crippen LogP contribution in [0, 0.1) is 5.92 Å². The molecule has 0 aliphatic rings. The van der Waals surface area contributed by atoms with E-state index in [0.717, 1.165) is 17.3 Å². The second-order valence-electron chi connectivity index (χ2n) is 5.23. The zero-order chi connectivity index (χ0) is 11.6. The number of hydrogen-bond acceptors (Lipinski definition) is 3.